The first-order chi connectivity index (χ1) is 7.81. The van der Waals surface area contributed by atoms with E-state index in [1.807, 2.05) is 37.3 Å². The van der Waals surface area contributed by atoms with Crippen molar-refractivity contribution in [3.63, 3.8) is 0 Å². The molecule has 0 aliphatic carbocycles. The van der Waals surface area contributed by atoms with Crippen LogP contribution >= 0.6 is 11.6 Å². The van der Waals surface area contributed by atoms with E-state index in [2.05, 4.69) is 10.5 Å². The third-order valence-electron chi connectivity index (χ3n) is 2.36. The first kappa shape index (κ1) is 11.0. The lowest BCUT2D eigenvalue weighted by Crippen LogP contribution is -1.95. The highest BCUT2D eigenvalue weighted by Crippen LogP contribution is 2.24. The Morgan fingerprint density at radius 3 is 2.75 bits per heavy atom. The number of aryl methyl sites for hydroxylation is 1. The maximum atomic E-state index is 5.74. The molecule has 2 aromatic rings. The van der Waals surface area contributed by atoms with Crippen molar-refractivity contribution in [3.05, 3.63) is 41.6 Å². The van der Waals surface area contributed by atoms with Gasteiger partial charge in [-0.15, -0.1) is 11.6 Å². The number of anilines is 2. The number of nitrogens with one attached hydrogen (secondary N) is 1. The molecule has 2 rings (SSSR count). The van der Waals surface area contributed by atoms with Crippen LogP contribution in [0.5, 0.6) is 0 Å². The number of aromatic nitrogens is 1. The minimum absolute atomic E-state index is 0.561. The Hall–Kier alpha value is -1.48. The molecule has 0 bridgehead atoms. The Morgan fingerprint density at radius 2 is 2.06 bits per heavy atom. The Bertz CT molecular complexity index is 453. The van der Waals surface area contributed by atoms with Gasteiger partial charge in [-0.1, -0.05) is 23.4 Å². The van der Waals surface area contributed by atoms with Gasteiger partial charge in [0.05, 0.1) is 5.69 Å². The lowest BCUT2D eigenvalue weighted by Gasteiger charge is -2.03. The minimum Gasteiger partial charge on any atom is -0.338 e. The molecule has 4 heteroatoms. The second kappa shape index (κ2) is 5.03. The Balaban J connectivity index is 2.21. The number of para-hydroxylation sites is 1. The number of halogens is 1. The van der Waals surface area contributed by atoms with E-state index in [1.54, 1.807) is 0 Å². The molecule has 1 heterocycles. The summed E-state index contributed by atoms with van der Waals surface area (Å²) in [6.07, 6.45) is 0.756. The molecule has 84 valence electrons. The van der Waals surface area contributed by atoms with Crippen LogP contribution in [0.25, 0.3) is 0 Å². The van der Waals surface area contributed by atoms with Crippen LogP contribution in [0.1, 0.15) is 11.3 Å². The van der Waals surface area contributed by atoms with E-state index < -0.39 is 0 Å². The highest BCUT2D eigenvalue weighted by atomic mass is 35.5. The summed E-state index contributed by atoms with van der Waals surface area (Å²) in [5.74, 6) is 1.25. The van der Waals surface area contributed by atoms with Gasteiger partial charge >= 0.3 is 0 Å². The summed E-state index contributed by atoms with van der Waals surface area (Å²) >= 11 is 5.74. The summed E-state index contributed by atoms with van der Waals surface area (Å²) in [7, 11) is 0. The van der Waals surface area contributed by atoms with Crippen LogP contribution < -0.4 is 5.32 Å². The van der Waals surface area contributed by atoms with Crippen LogP contribution in [0.15, 0.2) is 34.9 Å². The molecule has 0 atom stereocenters. The van der Waals surface area contributed by atoms with Crippen molar-refractivity contribution in [1.82, 2.24) is 5.16 Å². The van der Waals surface area contributed by atoms with Crippen LogP contribution in [0.2, 0.25) is 0 Å². The first-order valence-corrected chi connectivity index (χ1v) is 5.68. The van der Waals surface area contributed by atoms with Crippen LogP contribution in [-0.4, -0.2) is 11.0 Å². The average molecular weight is 237 g/mol. The molecular weight excluding hydrogens is 224 g/mol. The molecular formula is C12H13ClN2O. The second-order valence-corrected chi connectivity index (χ2v) is 3.88. The van der Waals surface area contributed by atoms with Gasteiger partial charge in [-0.25, -0.2) is 0 Å². The van der Waals surface area contributed by atoms with Crippen molar-refractivity contribution in [1.29, 1.82) is 0 Å². The molecule has 3 nitrogen and oxygen atoms in total. The monoisotopic (exact) mass is 236 g/mol. The molecule has 0 saturated heterocycles. The van der Waals surface area contributed by atoms with Gasteiger partial charge in [0.25, 0.3) is 0 Å². The normalized spacial score (nSPS) is 10.4. The summed E-state index contributed by atoms with van der Waals surface area (Å²) in [4.78, 5) is 0. The lowest BCUT2D eigenvalue weighted by molar-refractivity contribution is 0.429. The van der Waals surface area contributed by atoms with E-state index in [1.165, 1.54) is 0 Å². The van der Waals surface area contributed by atoms with Crippen molar-refractivity contribution in [2.45, 2.75) is 13.3 Å². The second-order valence-electron chi connectivity index (χ2n) is 3.51. The van der Waals surface area contributed by atoms with Crippen LogP contribution in [0.4, 0.5) is 11.6 Å². The first-order valence-electron chi connectivity index (χ1n) is 5.14. The molecule has 0 aliphatic rings. The predicted octanol–water partition coefficient (Wildman–Crippen LogP) is 3.51. The van der Waals surface area contributed by atoms with Gasteiger partial charge in [0.2, 0.25) is 5.88 Å². The fraction of sp³-hybridized carbons (Fsp3) is 0.250. The van der Waals surface area contributed by atoms with Crippen molar-refractivity contribution in [2.75, 3.05) is 11.2 Å². The number of benzene rings is 1. The van der Waals surface area contributed by atoms with E-state index in [0.29, 0.717) is 11.8 Å². The third kappa shape index (κ3) is 2.36. The van der Waals surface area contributed by atoms with E-state index >= 15 is 0 Å². The van der Waals surface area contributed by atoms with E-state index in [9.17, 15) is 0 Å². The van der Waals surface area contributed by atoms with Crippen molar-refractivity contribution in [2.24, 2.45) is 0 Å². The quantitative estimate of drug-likeness (QED) is 0.826. The zero-order valence-electron chi connectivity index (χ0n) is 9.03. The molecule has 0 amide bonds. The standard InChI is InChI=1S/C12H13ClN2O/c1-9-11(7-8-13)12(16-15-9)14-10-5-3-2-4-6-10/h2-6,14H,7-8H2,1H3. The number of hydrogen-bond acceptors (Lipinski definition) is 3. The molecule has 1 aromatic heterocycles. The van der Waals surface area contributed by atoms with E-state index in [-0.39, 0.29) is 0 Å². The topological polar surface area (TPSA) is 38.1 Å². The van der Waals surface area contributed by atoms with Gasteiger partial charge in [0.15, 0.2) is 0 Å². The van der Waals surface area contributed by atoms with E-state index in [0.717, 1.165) is 23.4 Å². The van der Waals surface area contributed by atoms with Gasteiger partial charge in [-0.05, 0) is 25.5 Å². The third-order valence-corrected chi connectivity index (χ3v) is 2.55. The number of hydrogen-bond donors (Lipinski definition) is 1. The number of alkyl halides is 1. The van der Waals surface area contributed by atoms with Crippen molar-refractivity contribution < 1.29 is 4.52 Å². The van der Waals surface area contributed by atoms with Gasteiger partial charge in [-0.2, -0.15) is 0 Å². The SMILES string of the molecule is Cc1noc(Nc2ccccc2)c1CCCl. The molecule has 0 spiro atoms. The molecule has 0 fully saturated rings. The Kier molecular flexibility index (Phi) is 3.47. The molecule has 16 heavy (non-hydrogen) atoms. The summed E-state index contributed by atoms with van der Waals surface area (Å²) in [6.45, 7) is 1.92. The van der Waals surface area contributed by atoms with Crippen molar-refractivity contribution in [3.8, 4) is 0 Å². The Labute approximate surface area is 99.4 Å². The van der Waals surface area contributed by atoms with Crippen LogP contribution in [0, 0.1) is 6.92 Å². The molecule has 0 unspecified atom stereocenters. The summed E-state index contributed by atoms with van der Waals surface area (Å²) in [6, 6.07) is 9.85. The zero-order chi connectivity index (χ0) is 11.4. The fourth-order valence-electron chi connectivity index (χ4n) is 1.53. The van der Waals surface area contributed by atoms with Gasteiger partial charge in [0, 0.05) is 17.1 Å². The molecule has 1 N–H and O–H groups in total. The lowest BCUT2D eigenvalue weighted by atomic mass is 10.2. The van der Waals surface area contributed by atoms with E-state index in [4.69, 9.17) is 16.1 Å². The maximum absolute atomic E-state index is 5.74. The van der Waals surface area contributed by atoms with Gasteiger partial charge in [0.1, 0.15) is 0 Å². The molecule has 0 saturated carbocycles. The van der Waals surface area contributed by atoms with Gasteiger partial charge < -0.3 is 9.84 Å². The smallest absolute Gasteiger partial charge is 0.232 e. The number of rotatable bonds is 4. The largest absolute Gasteiger partial charge is 0.338 e. The molecule has 1 aromatic carbocycles. The minimum atomic E-state index is 0.561. The summed E-state index contributed by atoms with van der Waals surface area (Å²) in [5, 5.41) is 7.13. The highest BCUT2D eigenvalue weighted by Gasteiger charge is 2.12. The zero-order valence-corrected chi connectivity index (χ0v) is 9.79. The molecule has 0 aliphatic heterocycles. The Morgan fingerprint density at radius 1 is 1.31 bits per heavy atom. The van der Waals surface area contributed by atoms with Crippen LogP contribution in [-0.2, 0) is 6.42 Å². The molecule has 0 radical (unpaired) electrons. The summed E-state index contributed by atoms with van der Waals surface area (Å²) in [5.41, 5.74) is 2.91. The fourth-order valence-corrected chi connectivity index (χ4v) is 1.72. The predicted molar refractivity (Wildman–Crippen MR) is 65.4 cm³/mol. The summed E-state index contributed by atoms with van der Waals surface area (Å²) < 4.78 is 5.23. The highest BCUT2D eigenvalue weighted by molar-refractivity contribution is 6.18. The van der Waals surface area contributed by atoms with Gasteiger partial charge in [-0.3, -0.25) is 0 Å². The average Bonchev–Trinajstić information content (AvgIpc) is 2.64. The van der Waals surface area contributed by atoms with Crippen LogP contribution in [0.3, 0.4) is 0 Å². The maximum Gasteiger partial charge on any atom is 0.232 e. The number of nitrogens with zero attached hydrogens (tertiary/aromatic N) is 1. The van der Waals surface area contributed by atoms with Crippen molar-refractivity contribution >= 4 is 23.2 Å².